The van der Waals surface area contributed by atoms with E-state index in [1.807, 2.05) is 20.8 Å². The van der Waals surface area contributed by atoms with Crippen LogP contribution in [0.25, 0.3) is 0 Å². The van der Waals surface area contributed by atoms with Gasteiger partial charge < -0.3 is 15.4 Å². The number of nitrogens with one attached hydrogen (secondary N) is 2. The minimum Gasteiger partial charge on any atom is -0.481 e. The summed E-state index contributed by atoms with van der Waals surface area (Å²) in [5, 5.41) is 12.0. The number of hydrogen-bond acceptors (Lipinski definition) is 4. The van der Waals surface area contributed by atoms with Crippen LogP contribution in [0.5, 0.6) is 0 Å². The second kappa shape index (κ2) is 5.86. The molecule has 0 spiro atoms. The van der Waals surface area contributed by atoms with E-state index in [0.717, 1.165) is 0 Å². The number of anilines is 1. The number of carboxylic acids is 1. The number of aryl methyl sites for hydroxylation is 1. The molecule has 0 aliphatic heterocycles. The van der Waals surface area contributed by atoms with Crippen LogP contribution < -0.4 is 10.9 Å². The van der Waals surface area contributed by atoms with Gasteiger partial charge in [-0.1, -0.05) is 20.8 Å². The van der Waals surface area contributed by atoms with Crippen molar-refractivity contribution >= 4 is 11.8 Å². The second-order valence-corrected chi connectivity index (χ2v) is 5.92. The van der Waals surface area contributed by atoms with Gasteiger partial charge in [0.05, 0.1) is 6.42 Å². The van der Waals surface area contributed by atoms with Gasteiger partial charge in [-0.2, -0.15) is 0 Å². The molecule has 1 atom stereocenters. The monoisotopic (exact) mass is 267 g/mol. The number of nitrogens with zero attached hydrogens (tertiary/aromatic N) is 1. The number of aromatic nitrogens is 2. The molecule has 0 fully saturated rings. The van der Waals surface area contributed by atoms with Gasteiger partial charge in [0.1, 0.15) is 11.6 Å². The molecule has 1 rings (SSSR count). The van der Waals surface area contributed by atoms with E-state index in [4.69, 9.17) is 5.11 Å². The topological polar surface area (TPSA) is 95.1 Å². The first-order chi connectivity index (χ1) is 8.65. The van der Waals surface area contributed by atoms with Gasteiger partial charge in [0.2, 0.25) is 0 Å². The molecule has 0 saturated heterocycles. The summed E-state index contributed by atoms with van der Waals surface area (Å²) in [6, 6.07) is 1.08. The lowest BCUT2D eigenvalue weighted by atomic mass is 9.87. The van der Waals surface area contributed by atoms with Crippen LogP contribution in [0.2, 0.25) is 0 Å². The van der Waals surface area contributed by atoms with Gasteiger partial charge in [0.15, 0.2) is 0 Å². The molecule has 0 aliphatic carbocycles. The van der Waals surface area contributed by atoms with Crippen LogP contribution in [-0.2, 0) is 4.79 Å². The number of hydrogen-bond donors (Lipinski definition) is 3. The maximum Gasteiger partial charge on any atom is 0.305 e. The third-order valence-corrected chi connectivity index (χ3v) is 2.49. The summed E-state index contributed by atoms with van der Waals surface area (Å²) in [5.74, 6) is 0.0416. The van der Waals surface area contributed by atoms with Crippen LogP contribution in [0.4, 0.5) is 5.82 Å². The van der Waals surface area contributed by atoms with E-state index in [2.05, 4.69) is 15.3 Å². The lowest BCUT2D eigenvalue weighted by Crippen LogP contribution is -2.29. The van der Waals surface area contributed by atoms with Gasteiger partial charge in [-0.25, -0.2) is 4.98 Å². The SMILES string of the molecule is Cc1nc(NC(CC(=O)O)CC(C)(C)C)cc(=O)[nH]1. The predicted molar refractivity (Wildman–Crippen MR) is 73.3 cm³/mol. The van der Waals surface area contributed by atoms with E-state index in [1.165, 1.54) is 6.07 Å². The van der Waals surface area contributed by atoms with Gasteiger partial charge in [-0.05, 0) is 18.8 Å². The number of H-pyrrole nitrogens is 1. The van der Waals surface area contributed by atoms with Gasteiger partial charge in [0.25, 0.3) is 5.56 Å². The zero-order valence-corrected chi connectivity index (χ0v) is 11.8. The number of aromatic amines is 1. The summed E-state index contributed by atoms with van der Waals surface area (Å²) in [5.41, 5.74) is -0.261. The Hall–Kier alpha value is -1.85. The maximum absolute atomic E-state index is 11.3. The Kier molecular flexibility index (Phi) is 4.69. The minimum absolute atomic E-state index is 0.00913. The summed E-state index contributed by atoms with van der Waals surface area (Å²) in [6.45, 7) is 7.81. The van der Waals surface area contributed by atoms with Crippen molar-refractivity contribution in [3.8, 4) is 0 Å². The van der Waals surface area contributed by atoms with E-state index < -0.39 is 5.97 Å². The Labute approximate surface area is 112 Å². The summed E-state index contributed by atoms with van der Waals surface area (Å²) in [7, 11) is 0. The first kappa shape index (κ1) is 15.2. The van der Waals surface area contributed by atoms with Crippen molar-refractivity contribution in [3.63, 3.8) is 0 Å². The third-order valence-electron chi connectivity index (χ3n) is 2.49. The molecule has 0 bridgehead atoms. The number of rotatable bonds is 5. The zero-order valence-electron chi connectivity index (χ0n) is 11.8. The van der Waals surface area contributed by atoms with E-state index in [0.29, 0.717) is 18.1 Å². The Bertz CT molecular complexity index is 503. The first-order valence-electron chi connectivity index (χ1n) is 6.22. The summed E-state index contributed by atoms with van der Waals surface area (Å²) >= 11 is 0. The molecule has 0 amide bonds. The van der Waals surface area contributed by atoms with Gasteiger partial charge >= 0.3 is 5.97 Å². The molecule has 1 aromatic heterocycles. The quantitative estimate of drug-likeness (QED) is 0.755. The maximum atomic E-state index is 11.3. The Morgan fingerprint density at radius 1 is 1.53 bits per heavy atom. The lowest BCUT2D eigenvalue weighted by Gasteiger charge is -2.26. The Morgan fingerprint density at radius 2 is 2.16 bits per heavy atom. The molecule has 106 valence electrons. The molecular weight excluding hydrogens is 246 g/mol. The molecular formula is C13H21N3O3. The summed E-state index contributed by atoms with van der Waals surface area (Å²) in [6.07, 6.45) is 0.664. The number of carbonyl (C=O) groups is 1. The molecule has 6 nitrogen and oxygen atoms in total. The normalized spacial score (nSPS) is 13.1. The molecule has 19 heavy (non-hydrogen) atoms. The van der Waals surface area contributed by atoms with Crippen LogP contribution in [0.1, 0.15) is 39.4 Å². The van der Waals surface area contributed by atoms with Gasteiger partial charge in [0, 0.05) is 12.1 Å². The second-order valence-electron chi connectivity index (χ2n) is 5.92. The molecule has 3 N–H and O–H groups in total. The van der Waals surface area contributed by atoms with Gasteiger partial charge in [-0.3, -0.25) is 9.59 Å². The van der Waals surface area contributed by atoms with Crippen LogP contribution in [0.15, 0.2) is 10.9 Å². The fraction of sp³-hybridized carbons (Fsp3) is 0.615. The number of aliphatic carboxylic acids is 1. The third kappa shape index (κ3) is 6.03. The summed E-state index contributed by atoms with van der Waals surface area (Å²) < 4.78 is 0. The first-order valence-corrected chi connectivity index (χ1v) is 6.22. The smallest absolute Gasteiger partial charge is 0.305 e. The van der Waals surface area contributed by atoms with E-state index >= 15 is 0 Å². The highest BCUT2D eigenvalue weighted by Crippen LogP contribution is 2.23. The average molecular weight is 267 g/mol. The molecule has 0 aliphatic rings. The standard InChI is InChI=1S/C13H21N3O3/c1-8-14-10(6-11(17)15-8)16-9(5-12(18)19)7-13(2,3)4/h6,9H,5,7H2,1-4H3,(H,18,19)(H2,14,15,16,17). The Morgan fingerprint density at radius 3 is 2.63 bits per heavy atom. The zero-order chi connectivity index (χ0) is 14.6. The van der Waals surface area contributed by atoms with Crippen molar-refractivity contribution < 1.29 is 9.90 Å². The molecule has 1 heterocycles. The van der Waals surface area contributed by atoms with E-state index in [9.17, 15) is 9.59 Å². The Balaban J connectivity index is 2.87. The van der Waals surface area contributed by atoms with Crippen LogP contribution in [-0.4, -0.2) is 27.1 Å². The summed E-state index contributed by atoms with van der Waals surface area (Å²) in [4.78, 5) is 28.9. The fourth-order valence-electron chi connectivity index (χ4n) is 1.99. The fourth-order valence-corrected chi connectivity index (χ4v) is 1.99. The van der Waals surface area contributed by atoms with Gasteiger partial charge in [-0.15, -0.1) is 0 Å². The predicted octanol–water partition coefficient (Wildman–Crippen LogP) is 1.77. The van der Waals surface area contributed by atoms with Crippen LogP contribution >= 0.6 is 0 Å². The highest BCUT2D eigenvalue weighted by molar-refractivity contribution is 5.68. The average Bonchev–Trinajstić information content (AvgIpc) is 2.10. The van der Waals surface area contributed by atoms with Crippen molar-refractivity contribution in [1.82, 2.24) is 9.97 Å². The molecule has 1 aromatic rings. The van der Waals surface area contributed by atoms with Crippen molar-refractivity contribution in [2.45, 2.75) is 46.6 Å². The minimum atomic E-state index is -0.872. The molecule has 1 unspecified atom stereocenters. The van der Waals surface area contributed by atoms with Crippen LogP contribution in [0.3, 0.4) is 0 Å². The number of carboxylic acid groups (broad SMARTS) is 1. The van der Waals surface area contributed by atoms with E-state index in [-0.39, 0.29) is 23.4 Å². The molecule has 0 saturated carbocycles. The molecule has 0 radical (unpaired) electrons. The van der Waals surface area contributed by atoms with Crippen molar-refractivity contribution in [3.05, 3.63) is 22.2 Å². The largest absolute Gasteiger partial charge is 0.481 e. The van der Waals surface area contributed by atoms with Crippen molar-refractivity contribution in [2.75, 3.05) is 5.32 Å². The van der Waals surface area contributed by atoms with Crippen molar-refractivity contribution in [1.29, 1.82) is 0 Å². The van der Waals surface area contributed by atoms with Crippen LogP contribution in [0, 0.1) is 12.3 Å². The highest BCUT2D eigenvalue weighted by Gasteiger charge is 2.21. The highest BCUT2D eigenvalue weighted by atomic mass is 16.4. The van der Waals surface area contributed by atoms with E-state index in [1.54, 1.807) is 6.92 Å². The molecule has 0 aromatic carbocycles. The van der Waals surface area contributed by atoms with Crippen molar-refractivity contribution in [2.24, 2.45) is 5.41 Å². The lowest BCUT2D eigenvalue weighted by molar-refractivity contribution is -0.137. The molecule has 6 heteroatoms.